The monoisotopic (exact) mass is 439 g/mol. The highest BCUT2D eigenvalue weighted by Crippen LogP contribution is 2.33. The summed E-state index contributed by atoms with van der Waals surface area (Å²) in [5, 5.41) is 6.90. The fourth-order valence-electron chi connectivity index (χ4n) is 4.15. The Morgan fingerprint density at radius 2 is 1.72 bits per heavy atom. The molecule has 6 heteroatoms. The van der Waals surface area contributed by atoms with Crippen LogP contribution in [0.4, 0.5) is 5.69 Å². The van der Waals surface area contributed by atoms with E-state index in [2.05, 4.69) is 39.6 Å². The number of nitrogens with zero attached hydrogens (tertiary/aromatic N) is 5. The van der Waals surface area contributed by atoms with Crippen molar-refractivity contribution in [2.24, 2.45) is 10.1 Å². The predicted octanol–water partition coefficient (Wildman–Crippen LogP) is 6.17. The van der Waals surface area contributed by atoms with Gasteiger partial charge in [-0.15, -0.1) is 11.3 Å². The van der Waals surface area contributed by atoms with Crippen molar-refractivity contribution in [3.8, 4) is 11.3 Å². The Hall–Kier alpha value is -3.38. The maximum atomic E-state index is 4.78. The fourth-order valence-corrected chi connectivity index (χ4v) is 5.01. The van der Waals surface area contributed by atoms with Crippen molar-refractivity contribution in [2.45, 2.75) is 38.0 Å². The molecule has 0 saturated heterocycles. The molecule has 3 aromatic heterocycles. The van der Waals surface area contributed by atoms with Crippen LogP contribution in [0.2, 0.25) is 0 Å². The van der Waals surface area contributed by atoms with Crippen LogP contribution in [0.1, 0.15) is 49.1 Å². The Kier molecular flexibility index (Phi) is 6.30. The standard InChI is InChI=1S/C26H25N5S/c1-2-5-21(6-3-1)22-8-10-23(11-9-22)25-19-32-26(30-24-7-4-14-28-18-24)31(25)29-17-20-12-15-27-16-13-20/h4,7-19,21H,1-3,5-6H2. The quantitative estimate of drug-likeness (QED) is 0.349. The molecule has 0 unspecified atom stereocenters. The lowest BCUT2D eigenvalue weighted by molar-refractivity contribution is 0.443. The minimum Gasteiger partial charge on any atom is -0.265 e. The maximum Gasteiger partial charge on any atom is 0.211 e. The summed E-state index contributed by atoms with van der Waals surface area (Å²) in [5.74, 6) is 0.702. The number of thiazole rings is 1. The molecule has 160 valence electrons. The molecule has 5 rings (SSSR count). The zero-order chi connectivity index (χ0) is 21.6. The van der Waals surface area contributed by atoms with E-state index in [1.807, 2.05) is 35.2 Å². The summed E-state index contributed by atoms with van der Waals surface area (Å²) in [4.78, 5) is 13.8. The van der Waals surface area contributed by atoms with E-state index >= 15 is 0 Å². The van der Waals surface area contributed by atoms with Crippen molar-refractivity contribution in [1.82, 2.24) is 14.6 Å². The predicted molar refractivity (Wildman–Crippen MR) is 130 cm³/mol. The molecule has 1 saturated carbocycles. The van der Waals surface area contributed by atoms with E-state index in [1.165, 1.54) is 37.7 Å². The molecule has 5 nitrogen and oxygen atoms in total. The SMILES string of the molecule is C(=Nn1c(-c2ccc(C3CCCCC3)cc2)csc1=Nc1cccnc1)c1ccncc1. The molecule has 1 fully saturated rings. The summed E-state index contributed by atoms with van der Waals surface area (Å²) in [6, 6.07) is 16.7. The Bertz CT molecular complexity index is 1230. The third kappa shape index (κ3) is 4.75. The molecule has 0 spiro atoms. The van der Waals surface area contributed by atoms with Crippen LogP contribution in [0.15, 0.2) is 88.8 Å². The Morgan fingerprint density at radius 1 is 0.906 bits per heavy atom. The highest BCUT2D eigenvalue weighted by molar-refractivity contribution is 7.07. The fraction of sp³-hybridized carbons (Fsp3) is 0.231. The van der Waals surface area contributed by atoms with E-state index in [-0.39, 0.29) is 0 Å². The highest BCUT2D eigenvalue weighted by Gasteiger charge is 2.16. The van der Waals surface area contributed by atoms with Gasteiger partial charge in [0, 0.05) is 29.5 Å². The van der Waals surface area contributed by atoms with Gasteiger partial charge in [0.25, 0.3) is 0 Å². The lowest BCUT2D eigenvalue weighted by atomic mass is 9.84. The van der Waals surface area contributed by atoms with Crippen molar-refractivity contribution in [1.29, 1.82) is 0 Å². The molecule has 0 radical (unpaired) electrons. The second-order valence-corrected chi connectivity index (χ2v) is 8.86. The van der Waals surface area contributed by atoms with Crippen molar-refractivity contribution in [3.05, 3.63) is 94.6 Å². The zero-order valence-corrected chi connectivity index (χ0v) is 18.7. The summed E-state index contributed by atoms with van der Waals surface area (Å²) in [7, 11) is 0. The van der Waals surface area contributed by atoms with Gasteiger partial charge in [-0.2, -0.15) is 5.10 Å². The number of hydrogen-bond acceptors (Lipinski definition) is 5. The summed E-state index contributed by atoms with van der Waals surface area (Å²) in [6.07, 6.45) is 15.6. The van der Waals surface area contributed by atoms with Crippen molar-refractivity contribution in [2.75, 3.05) is 0 Å². The van der Waals surface area contributed by atoms with Gasteiger partial charge in [0.2, 0.25) is 4.80 Å². The van der Waals surface area contributed by atoms with Crippen molar-refractivity contribution in [3.63, 3.8) is 0 Å². The third-order valence-electron chi connectivity index (χ3n) is 5.87. The second kappa shape index (κ2) is 9.83. The molecule has 4 aromatic rings. The van der Waals surface area contributed by atoms with E-state index in [1.54, 1.807) is 36.1 Å². The van der Waals surface area contributed by atoms with Crippen LogP contribution in [-0.2, 0) is 0 Å². The van der Waals surface area contributed by atoms with Gasteiger partial charge in [0.15, 0.2) is 0 Å². The van der Waals surface area contributed by atoms with Crippen molar-refractivity contribution >= 4 is 23.2 Å². The molecule has 0 amide bonds. The molecule has 1 aliphatic carbocycles. The smallest absolute Gasteiger partial charge is 0.211 e. The highest BCUT2D eigenvalue weighted by atomic mass is 32.1. The van der Waals surface area contributed by atoms with Gasteiger partial charge in [-0.25, -0.2) is 9.67 Å². The summed E-state index contributed by atoms with van der Waals surface area (Å²) in [5.41, 5.74) is 5.42. The molecule has 3 heterocycles. The molecular formula is C26H25N5S. The first-order valence-corrected chi connectivity index (χ1v) is 11.9. The topological polar surface area (TPSA) is 55.4 Å². The van der Waals surface area contributed by atoms with Gasteiger partial charge in [-0.1, -0.05) is 43.5 Å². The van der Waals surface area contributed by atoms with E-state index in [4.69, 9.17) is 10.1 Å². The molecule has 1 aliphatic rings. The van der Waals surface area contributed by atoms with Crippen LogP contribution in [0.5, 0.6) is 0 Å². The number of pyridine rings is 2. The van der Waals surface area contributed by atoms with Gasteiger partial charge in [-0.3, -0.25) is 9.97 Å². The molecule has 0 N–H and O–H groups in total. The summed E-state index contributed by atoms with van der Waals surface area (Å²) < 4.78 is 1.91. The van der Waals surface area contributed by atoms with Gasteiger partial charge in [-0.05, 0) is 54.2 Å². The van der Waals surface area contributed by atoms with Crippen LogP contribution in [0.25, 0.3) is 11.3 Å². The lowest BCUT2D eigenvalue weighted by Gasteiger charge is -2.22. The minimum atomic E-state index is 0.702. The Balaban J connectivity index is 1.53. The van der Waals surface area contributed by atoms with Crippen LogP contribution in [-0.4, -0.2) is 20.9 Å². The molecule has 0 atom stereocenters. The van der Waals surface area contributed by atoms with E-state index in [9.17, 15) is 0 Å². The van der Waals surface area contributed by atoms with Gasteiger partial charge in [0.05, 0.1) is 23.8 Å². The first-order valence-electron chi connectivity index (χ1n) is 11.1. The van der Waals surface area contributed by atoms with Gasteiger partial charge >= 0.3 is 0 Å². The normalized spacial score (nSPS) is 15.4. The maximum absolute atomic E-state index is 4.78. The van der Waals surface area contributed by atoms with Crippen molar-refractivity contribution < 1.29 is 0 Å². The summed E-state index contributed by atoms with van der Waals surface area (Å²) >= 11 is 1.58. The number of benzene rings is 1. The number of aromatic nitrogens is 3. The molecular weight excluding hydrogens is 414 g/mol. The van der Waals surface area contributed by atoms with Gasteiger partial charge < -0.3 is 0 Å². The first kappa shape index (κ1) is 20.5. The average Bonchev–Trinajstić information content (AvgIpc) is 3.27. The third-order valence-corrected chi connectivity index (χ3v) is 6.68. The Morgan fingerprint density at radius 3 is 2.47 bits per heavy atom. The van der Waals surface area contributed by atoms with Gasteiger partial charge in [0.1, 0.15) is 0 Å². The van der Waals surface area contributed by atoms with Crippen LogP contribution < -0.4 is 4.80 Å². The zero-order valence-electron chi connectivity index (χ0n) is 17.8. The molecule has 32 heavy (non-hydrogen) atoms. The second-order valence-electron chi connectivity index (χ2n) is 8.02. The number of rotatable bonds is 5. The van der Waals surface area contributed by atoms with Crippen LogP contribution >= 0.6 is 11.3 Å². The lowest BCUT2D eigenvalue weighted by Crippen LogP contribution is -2.11. The van der Waals surface area contributed by atoms with Crippen LogP contribution in [0, 0.1) is 0 Å². The molecule has 0 bridgehead atoms. The first-order chi connectivity index (χ1) is 15.9. The van der Waals surface area contributed by atoms with E-state index in [0.717, 1.165) is 27.3 Å². The van der Waals surface area contributed by atoms with E-state index in [0.29, 0.717) is 5.92 Å². The van der Waals surface area contributed by atoms with Crippen LogP contribution in [0.3, 0.4) is 0 Å². The average molecular weight is 440 g/mol. The molecule has 1 aromatic carbocycles. The molecule has 0 aliphatic heterocycles. The van der Waals surface area contributed by atoms with E-state index < -0.39 is 0 Å². The Labute approximate surface area is 191 Å². The summed E-state index contributed by atoms with van der Waals surface area (Å²) in [6.45, 7) is 0. The number of hydrogen-bond donors (Lipinski definition) is 0. The largest absolute Gasteiger partial charge is 0.265 e. The minimum absolute atomic E-state index is 0.702.